The number of ether oxygens (including phenoxy) is 1. The Bertz CT molecular complexity index is 784. The predicted molar refractivity (Wildman–Crippen MR) is 110 cm³/mol. The highest BCUT2D eigenvalue weighted by atomic mass is 19.1. The lowest BCUT2D eigenvalue weighted by molar-refractivity contribution is -0.160. The van der Waals surface area contributed by atoms with Crippen molar-refractivity contribution in [2.45, 2.75) is 51.9 Å². The van der Waals surface area contributed by atoms with Crippen LogP contribution in [-0.4, -0.2) is 60.4 Å². The van der Waals surface area contributed by atoms with Crippen LogP contribution in [-0.2, 0) is 25.5 Å². The highest BCUT2D eigenvalue weighted by molar-refractivity contribution is 5.82. The van der Waals surface area contributed by atoms with Crippen molar-refractivity contribution in [1.82, 2.24) is 9.80 Å². The summed E-state index contributed by atoms with van der Waals surface area (Å²) in [4.78, 5) is 41.2. The molecule has 7 heteroatoms. The average Bonchev–Trinajstić information content (AvgIpc) is 2.75. The van der Waals surface area contributed by atoms with Crippen LogP contribution in [0.1, 0.15) is 51.0 Å². The molecule has 0 N–H and O–H groups in total. The standard InChI is InChI=1S/C23H31FN2O4/c1-2-30-22(29)23(16-18-8-3-4-9-19(18)24)12-7-14-26(17-23)21(28)11-15-25-13-6-5-10-20(25)27/h3-4,8-9H,2,5-7,10-17H2,1H3. The molecule has 0 bridgehead atoms. The molecular weight excluding hydrogens is 387 g/mol. The third kappa shape index (κ3) is 5.18. The van der Waals surface area contributed by atoms with Gasteiger partial charge in [-0.1, -0.05) is 18.2 Å². The van der Waals surface area contributed by atoms with Crippen LogP contribution in [0.5, 0.6) is 0 Å². The van der Waals surface area contributed by atoms with E-state index in [0.717, 1.165) is 12.8 Å². The number of rotatable bonds is 7. The maximum Gasteiger partial charge on any atom is 0.314 e. The van der Waals surface area contributed by atoms with Crippen LogP contribution in [0.2, 0.25) is 0 Å². The summed E-state index contributed by atoms with van der Waals surface area (Å²) in [6, 6.07) is 6.43. The van der Waals surface area contributed by atoms with Crippen molar-refractivity contribution in [2.75, 3.05) is 32.8 Å². The topological polar surface area (TPSA) is 66.9 Å². The minimum Gasteiger partial charge on any atom is -0.466 e. The SMILES string of the molecule is CCOC(=O)C1(Cc2ccccc2F)CCCN(C(=O)CCN2CCCCC2=O)C1. The fourth-order valence-electron chi connectivity index (χ4n) is 4.51. The largest absolute Gasteiger partial charge is 0.466 e. The zero-order valence-corrected chi connectivity index (χ0v) is 17.7. The van der Waals surface area contributed by atoms with Crippen LogP contribution in [0.25, 0.3) is 0 Å². The molecule has 1 atom stereocenters. The first-order valence-electron chi connectivity index (χ1n) is 10.9. The predicted octanol–water partition coefficient (Wildman–Crippen LogP) is 2.94. The van der Waals surface area contributed by atoms with Gasteiger partial charge in [-0.3, -0.25) is 14.4 Å². The maximum absolute atomic E-state index is 14.3. The Kier molecular flexibility index (Phi) is 7.45. The number of hydrogen-bond donors (Lipinski definition) is 0. The average molecular weight is 419 g/mol. The van der Waals surface area contributed by atoms with E-state index in [0.29, 0.717) is 44.5 Å². The quantitative estimate of drug-likeness (QED) is 0.639. The number of nitrogens with zero attached hydrogens (tertiary/aromatic N) is 2. The Morgan fingerprint density at radius 3 is 2.70 bits per heavy atom. The molecule has 164 valence electrons. The van der Waals surface area contributed by atoms with E-state index < -0.39 is 5.41 Å². The lowest BCUT2D eigenvalue weighted by Crippen LogP contribution is -2.52. The van der Waals surface area contributed by atoms with Crippen LogP contribution in [0.3, 0.4) is 0 Å². The Hall–Kier alpha value is -2.44. The van der Waals surface area contributed by atoms with Gasteiger partial charge in [0.1, 0.15) is 5.82 Å². The smallest absolute Gasteiger partial charge is 0.314 e. The molecule has 0 radical (unpaired) electrons. The van der Waals surface area contributed by atoms with E-state index in [9.17, 15) is 18.8 Å². The number of likely N-dealkylation sites (tertiary alicyclic amines) is 2. The van der Waals surface area contributed by atoms with Crippen molar-refractivity contribution in [3.8, 4) is 0 Å². The highest BCUT2D eigenvalue weighted by Crippen LogP contribution is 2.36. The van der Waals surface area contributed by atoms with Crippen LogP contribution in [0.15, 0.2) is 24.3 Å². The first-order valence-corrected chi connectivity index (χ1v) is 10.9. The normalized spacial score (nSPS) is 22.1. The molecule has 2 fully saturated rings. The summed E-state index contributed by atoms with van der Waals surface area (Å²) in [7, 11) is 0. The van der Waals surface area contributed by atoms with Gasteiger partial charge in [0.2, 0.25) is 11.8 Å². The van der Waals surface area contributed by atoms with E-state index in [4.69, 9.17) is 4.74 Å². The van der Waals surface area contributed by atoms with Gasteiger partial charge in [0.25, 0.3) is 0 Å². The van der Waals surface area contributed by atoms with Crippen molar-refractivity contribution in [3.63, 3.8) is 0 Å². The summed E-state index contributed by atoms with van der Waals surface area (Å²) in [6.45, 7) is 3.87. The minimum atomic E-state index is -0.951. The fourth-order valence-corrected chi connectivity index (χ4v) is 4.51. The van der Waals surface area contributed by atoms with Crippen LogP contribution >= 0.6 is 0 Å². The molecule has 30 heavy (non-hydrogen) atoms. The fraction of sp³-hybridized carbons (Fsp3) is 0.609. The number of hydrogen-bond acceptors (Lipinski definition) is 4. The van der Waals surface area contributed by atoms with Crippen LogP contribution < -0.4 is 0 Å². The summed E-state index contributed by atoms with van der Waals surface area (Å²) in [6.07, 6.45) is 4.08. The van der Waals surface area contributed by atoms with E-state index >= 15 is 0 Å². The zero-order valence-electron chi connectivity index (χ0n) is 17.7. The molecular formula is C23H31FN2O4. The lowest BCUT2D eigenvalue weighted by Gasteiger charge is -2.41. The number of piperidine rings is 2. The molecule has 0 spiro atoms. The van der Waals surface area contributed by atoms with E-state index in [1.807, 2.05) is 0 Å². The molecule has 1 aromatic rings. The molecule has 1 aromatic carbocycles. The molecule has 2 aliphatic rings. The molecule has 0 aromatic heterocycles. The summed E-state index contributed by atoms with van der Waals surface area (Å²) in [5.41, 5.74) is -0.494. The third-order valence-electron chi connectivity index (χ3n) is 6.14. The number of halogens is 1. The number of amides is 2. The maximum atomic E-state index is 14.3. The Morgan fingerprint density at radius 2 is 1.97 bits per heavy atom. The molecule has 3 rings (SSSR count). The van der Waals surface area contributed by atoms with Gasteiger partial charge in [0.05, 0.1) is 12.0 Å². The molecule has 2 saturated heterocycles. The summed E-state index contributed by atoms with van der Waals surface area (Å²) >= 11 is 0. The van der Waals surface area contributed by atoms with Crippen molar-refractivity contribution in [3.05, 3.63) is 35.6 Å². The number of carbonyl (C=O) groups excluding carboxylic acids is 3. The second-order valence-corrected chi connectivity index (χ2v) is 8.28. The van der Waals surface area contributed by atoms with Gasteiger partial charge < -0.3 is 14.5 Å². The monoisotopic (exact) mass is 418 g/mol. The molecule has 1 unspecified atom stereocenters. The molecule has 6 nitrogen and oxygen atoms in total. The number of carbonyl (C=O) groups is 3. The van der Waals surface area contributed by atoms with Crippen LogP contribution in [0, 0.1) is 11.2 Å². The first kappa shape index (κ1) is 22.2. The molecule has 2 aliphatic heterocycles. The third-order valence-corrected chi connectivity index (χ3v) is 6.14. The van der Waals surface area contributed by atoms with Crippen molar-refractivity contribution < 1.29 is 23.5 Å². The van der Waals surface area contributed by atoms with E-state index in [1.165, 1.54) is 6.07 Å². The van der Waals surface area contributed by atoms with Gasteiger partial charge in [-0.15, -0.1) is 0 Å². The summed E-state index contributed by atoms with van der Waals surface area (Å²) < 4.78 is 19.7. The lowest BCUT2D eigenvalue weighted by atomic mass is 9.75. The van der Waals surface area contributed by atoms with Crippen molar-refractivity contribution >= 4 is 17.8 Å². The molecule has 2 heterocycles. The van der Waals surface area contributed by atoms with E-state index in [-0.39, 0.29) is 49.6 Å². The van der Waals surface area contributed by atoms with Crippen molar-refractivity contribution in [2.24, 2.45) is 5.41 Å². The van der Waals surface area contributed by atoms with Gasteiger partial charge in [-0.2, -0.15) is 0 Å². The van der Waals surface area contributed by atoms with Gasteiger partial charge in [0, 0.05) is 39.0 Å². The van der Waals surface area contributed by atoms with E-state index in [1.54, 1.807) is 34.9 Å². The Morgan fingerprint density at radius 1 is 1.17 bits per heavy atom. The first-order chi connectivity index (χ1) is 14.4. The second kappa shape index (κ2) is 10.0. The van der Waals surface area contributed by atoms with Gasteiger partial charge in [-0.05, 0) is 50.7 Å². The minimum absolute atomic E-state index is 0.0738. The molecule has 0 saturated carbocycles. The van der Waals surface area contributed by atoms with Crippen LogP contribution in [0.4, 0.5) is 4.39 Å². The van der Waals surface area contributed by atoms with Crippen molar-refractivity contribution in [1.29, 1.82) is 0 Å². The van der Waals surface area contributed by atoms with Gasteiger partial charge in [-0.25, -0.2) is 4.39 Å². The summed E-state index contributed by atoms with van der Waals surface area (Å²) in [5, 5.41) is 0. The highest BCUT2D eigenvalue weighted by Gasteiger charge is 2.45. The number of esters is 1. The Balaban J connectivity index is 1.71. The molecule has 0 aliphatic carbocycles. The second-order valence-electron chi connectivity index (χ2n) is 8.28. The summed E-state index contributed by atoms with van der Waals surface area (Å²) in [5.74, 6) is -0.700. The number of benzene rings is 1. The molecule has 2 amide bonds. The van der Waals surface area contributed by atoms with E-state index in [2.05, 4.69) is 0 Å². The van der Waals surface area contributed by atoms with Gasteiger partial charge >= 0.3 is 5.97 Å². The Labute approximate surface area is 177 Å². The van der Waals surface area contributed by atoms with Gasteiger partial charge in [0.15, 0.2) is 0 Å². The zero-order chi connectivity index (χ0) is 21.6.